The van der Waals surface area contributed by atoms with E-state index in [9.17, 15) is 9.90 Å². The Hall–Kier alpha value is -2.82. The first-order valence-electron chi connectivity index (χ1n) is 7.27. The van der Waals surface area contributed by atoms with Gasteiger partial charge in [-0.2, -0.15) is 0 Å². The van der Waals surface area contributed by atoms with E-state index in [2.05, 4.69) is 4.99 Å². The number of rotatable bonds is 4. The number of fused-ring (bicyclic) bond motifs is 1. The molecule has 0 aromatic heterocycles. The zero-order chi connectivity index (χ0) is 16.4. The number of ether oxygens (including phenoxy) is 2. The summed E-state index contributed by atoms with van der Waals surface area (Å²) in [7, 11) is 3.08. The SMILES string of the molecule is COc1ccc(C(=O)C2=NCCc3cc(OC)c(O)cc32)cc1. The number of carbonyl (C=O) groups is 1. The van der Waals surface area contributed by atoms with Crippen molar-refractivity contribution in [3.8, 4) is 17.2 Å². The van der Waals surface area contributed by atoms with Crippen LogP contribution in [0.15, 0.2) is 41.4 Å². The maximum absolute atomic E-state index is 12.7. The number of hydrogen-bond donors (Lipinski definition) is 1. The molecule has 0 unspecified atom stereocenters. The maximum Gasteiger partial charge on any atom is 0.211 e. The van der Waals surface area contributed by atoms with Crippen LogP contribution >= 0.6 is 0 Å². The minimum absolute atomic E-state index is 0.00313. The van der Waals surface area contributed by atoms with Crippen molar-refractivity contribution in [1.82, 2.24) is 0 Å². The summed E-state index contributed by atoms with van der Waals surface area (Å²) in [5.41, 5.74) is 2.52. The summed E-state index contributed by atoms with van der Waals surface area (Å²) in [5.74, 6) is 0.929. The molecule has 0 aliphatic carbocycles. The second kappa shape index (κ2) is 6.12. The zero-order valence-corrected chi connectivity index (χ0v) is 13.0. The molecule has 0 spiro atoms. The first kappa shape index (κ1) is 15.1. The minimum atomic E-state index is -0.168. The number of phenols is 1. The van der Waals surface area contributed by atoms with E-state index in [0.717, 1.165) is 5.56 Å². The van der Waals surface area contributed by atoms with E-state index in [4.69, 9.17) is 9.47 Å². The Kier molecular flexibility index (Phi) is 4.02. The number of benzene rings is 2. The van der Waals surface area contributed by atoms with Gasteiger partial charge in [0.05, 0.1) is 14.2 Å². The number of phenolic OH excluding ortho intramolecular Hbond substituents is 1. The van der Waals surface area contributed by atoms with Gasteiger partial charge in [0.25, 0.3) is 0 Å². The number of aromatic hydroxyl groups is 1. The zero-order valence-electron chi connectivity index (χ0n) is 13.0. The molecule has 2 aromatic carbocycles. The van der Waals surface area contributed by atoms with Crippen molar-refractivity contribution < 1.29 is 19.4 Å². The highest BCUT2D eigenvalue weighted by atomic mass is 16.5. The molecule has 0 saturated carbocycles. The molecule has 0 bridgehead atoms. The summed E-state index contributed by atoms with van der Waals surface area (Å²) in [4.78, 5) is 17.1. The Labute approximate surface area is 134 Å². The molecule has 5 nitrogen and oxygen atoms in total. The van der Waals surface area contributed by atoms with Crippen LogP contribution in [-0.2, 0) is 6.42 Å². The van der Waals surface area contributed by atoms with Crippen molar-refractivity contribution in [2.24, 2.45) is 4.99 Å². The summed E-state index contributed by atoms with van der Waals surface area (Å²) < 4.78 is 10.2. The predicted molar refractivity (Wildman–Crippen MR) is 87.1 cm³/mol. The topological polar surface area (TPSA) is 68.1 Å². The van der Waals surface area contributed by atoms with Gasteiger partial charge in [0.2, 0.25) is 5.78 Å². The van der Waals surface area contributed by atoms with E-state index >= 15 is 0 Å². The molecule has 5 heteroatoms. The smallest absolute Gasteiger partial charge is 0.211 e. The van der Waals surface area contributed by atoms with Gasteiger partial charge >= 0.3 is 0 Å². The van der Waals surface area contributed by atoms with Gasteiger partial charge in [-0.1, -0.05) is 0 Å². The molecule has 118 valence electrons. The molecule has 3 rings (SSSR count). The summed E-state index contributed by atoms with van der Waals surface area (Å²) in [6.07, 6.45) is 0.714. The van der Waals surface area contributed by atoms with Gasteiger partial charge in [0.1, 0.15) is 11.5 Å². The first-order chi connectivity index (χ1) is 11.1. The molecular formula is C18H17NO4. The number of nitrogens with zero attached hydrogens (tertiary/aromatic N) is 1. The summed E-state index contributed by atoms with van der Waals surface area (Å²) in [6, 6.07) is 10.2. The maximum atomic E-state index is 12.7. The number of methoxy groups -OCH3 is 2. The Morgan fingerprint density at radius 1 is 1.13 bits per heavy atom. The molecule has 0 radical (unpaired) electrons. The van der Waals surface area contributed by atoms with E-state index in [1.807, 2.05) is 0 Å². The van der Waals surface area contributed by atoms with Crippen LogP contribution in [0.5, 0.6) is 17.2 Å². The van der Waals surface area contributed by atoms with Crippen molar-refractivity contribution in [2.75, 3.05) is 20.8 Å². The number of aliphatic imine (C=N–C) groups is 1. The molecule has 0 saturated heterocycles. The lowest BCUT2D eigenvalue weighted by atomic mass is 9.92. The molecule has 23 heavy (non-hydrogen) atoms. The van der Waals surface area contributed by atoms with Crippen molar-refractivity contribution >= 4 is 11.5 Å². The third kappa shape index (κ3) is 2.77. The largest absolute Gasteiger partial charge is 0.504 e. The monoisotopic (exact) mass is 311 g/mol. The van der Waals surface area contributed by atoms with Crippen LogP contribution < -0.4 is 9.47 Å². The summed E-state index contributed by atoms with van der Waals surface area (Å²) in [6.45, 7) is 0.540. The highest BCUT2D eigenvalue weighted by molar-refractivity contribution is 6.52. The van der Waals surface area contributed by atoms with Gasteiger partial charge in [-0.3, -0.25) is 9.79 Å². The highest BCUT2D eigenvalue weighted by Gasteiger charge is 2.23. The van der Waals surface area contributed by atoms with Crippen LogP contribution in [0.3, 0.4) is 0 Å². The fourth-order valence-corrected chi connectivity index (χ4v) is 2.65. The van der Waals surface area contributed by atoms with Crippen LogP contribution in [0, 0.1) is 0 Å². The second-order valence-corrected chi connectivity index (χ2v) is 5.22. The molecule has 2 aromatic rings. The van der Waals surface area contributed by atoms with Crippen molar-refractivity contribution in [3.63, 3.8) is 0 Å². The second-order valence-electron chi connectivity index (χ2n) is 5.22. The Morgan fingerprint density at radius 2 is 1.87 bits per heavy atom. The van der Waals surface area contributed by atoms with Gasteiger partial charge in [-0.15, -0.1) is 0 Å². The molecule has 0 amide bonds. The van der Waals surface area contributed by atoms with E-state index < -0.39 is 0 Å². The van der Waals surface area contributed by atoms with Crippen LogP contribution in [-0.4, -0.2) is 37.4 Å². The quantitative estimate of drug-likeness (QED) is 0.881. The molecule has 0 fully saturated rings. The van der Waals surface area contributed by atoms with Crippen LogP contribution in [0.25, 0.3) is 0 Å². The average Bonchev–Trinajstić information content (AvgIpc) is 2.60. The van der Waals surface area contributed by atoms with Crippen molar-refractivity contribution in [3.05, 3.63) is 53.1 Å². The van der Waals surface area contributed by atoms with Gasteiger partial charge in [0, 0.05) is 17.7 Å². The summed E-state index contributed by atoms with van der Waals surface area (Å²) >= 11 is 0. The van der Waals surface area contributed by atoms with E-state index in [1.54, 1.807) is 43.5 Å². The number of Topliss-reactive ketones (excluding diaryl/α,β-unsaturated/α-hetero) is 1. The third-order valence-corrected chi connectivity index (χ3v) is 3.88. The Bertz CT molecular complexity index is 778. The third-order valence-electron chi connectivity index (χ3n) is 3.88. The first-order valence-corrected chi connectivity index (χ1v) is 7.27. The lowest BCUT2D eigenvalue weighted by Gasteiger charge is -2.18. The fraction of sp³-hybridized carbons (Fsp3) is 0.222. The number of ketones is 1. The van der Waals surface area contributed by atoms with Crippen LogP contribution in [0.4, 0.5) is 0 Å². The molecule has 1 N–H and O–H groups in total. The van der Waals surface area contributed by atoms with E-state index in [-0.39, 0.29) is 11.5 Å². The van der Waals surface area contributed by atoms with Crippen LogP contribution in [0.1, 0.15) is 21.5 Å². The molecular weight excluding hydrogens is 294 g/mol. The normalized spacial score (nSPS) is 13.0. The van der Waals surface area contributed by atoms with Crippen molar-refractivity contribution in [1.29, 1.82) is 0 Å². The number of hydrogen-bond acceptors (Lipinski definition) is 5. The average molecular weight is 311 g/mol. The van der Waals surface area contributed by atoms with Gasteiger partial charge in [-0.25, -0.2) is 0 Å². The van der Waals surface area contributed by atoms with Gasteiger partial charge in [-0.05, 0) is 48.4 Å². The molecule has 1 aliphatic rings. The number of carbonyl (C=O) groups excluding carboxylic acids is 1. The standard InChI is InChI=1S/C18H17NO4/c1-22-13-5-3-11(4-6-13)18(21)17-14-10-15(20)16(23-2)9-12(14)7-8-19-17/h3-6,9-10,20H,7-8H2,1-2H3. The van der Waals surface area contributed by atoms with Gasteiger partial charge in [0.15, 0.2) is 11.5 Å². The van der Waals surface area contributed by atoms with Gasteiger partial charge < -0.3 is 14.6 Å². The lowest BCUT2D eigenvalue weighted by Crippen LogP contribution is -2.22. The molecule has 1 heterocycles. The molecule has 0 atom stereocenters. The van der Waals surface area contributed by atoms with Crippen LogP contribution in [0.2, 0.25) is 0 Å². The predicted octanol–water partition coefficient (Wildman–Crippen LogP) is 2.64. The highest BCUT2D eigenvalue weighted by Crippen LogP contribution is 2.32. The van der Waals surface area contributed by atoms with Crippen molar-refractivity contribution in [2.45, 2.75) is 6.42 Å². The van der Waals surface area contributed by atoms with E-state index in [1.165, 1.54) is 7.11 Å². The van der Waals surface area contributed by atoms with E-state index in [0.29, 0.717) is 41.3 Å². The minimum Gasteiger partial charge on any atom is -0.504 e. The molecule has 1 aliphatic heterocycles. The Balaban J connectivity index is 1.99. The Morgan fingerprint density at radius 3 is 2.52 bits per heavy atom. The fourth-order valence-electron chi connectivity index (χ4n) is 2.65. The summed E-state index contributed by atoms with van der Waals surface area (Å²) in [5, 5.41) is 10.00. The lowest BCUT2D eigenvalue weighted by molar-refractivity contribution is 0.106.